The van der Waals surface area contributed by atoms with Crippen LogP contribution in [0.4, 0.5) is 0 Å². The molecule has 1 unspecified atom stereocenters. The minimum absolute atomic E-state index is 0.0154. The lowest BCUT2D eigenvalue weighted by Crippen LogP contribution is -2.40. The fourth-order valence-corrected chi connectivity index (χ4v) is 3.93. The Hall–Kier alpha value is -2.22. The molecule has 2 aliphatic rings. The Bertz CT molecular complexity index is 717. The van der Waals surface area contributed by atoms with Crippen molar-refractivity contribution in [3.05, 3.63) is 29.6 Å². The number of piperidine rings is 1. The highest BCUT2D eigenvalue weighted by Crippen LogP contribution is 2.27. The minimum atomic E-state index is 0.0154. The van der Waals surface area contributed by atoms with Gasteiger partial charge in [0.15, 0.2) is 0 Å². The number of nitrogens with one attached hydrogen (secondary N) is 1. The maximum absolute atomic E-state index is 12.6. The molecule has 4 heterocycles. The summed E-state index contributed by atoms with van der Waals surface area (Å²) in [6.07, 6.45) is 6.19. The van der Waals surface area contributed by atoms with Gasteiger partial charge in [-0.05, 0) is 44.8 Å². The Labute approximate surface area is 147 Å². The predicted octanol–water partition coefficient (Wildman–Crippen LogP) is 1.15. The van der Waals surface area contributed by atoms with Gasteiger partial charge in [-0.1, -0.05) is 0 Å². The first kappa shape index (κ1) is 16.3. The van der Waals surface area contributed by atoms with Gasteiger partial charge in [0.25, 0.3) is 5.91 Å². The Kier molecular flexibility index (Phi) is 4.52. The number of hydrogen-bond acceptors (Lipinski definition) is 5. The first-order valence-electron chi connectivity index (χ1n) is 9.11. The number of rotatable bonds is 4. The second-order valence-corrected chi connectivity index (χ2v) is 7.08. The lowest BCUT2D eigenvalue weighted by Gasteiger charge is -2.32. The fraction of sp³-hybridized carbons (Fsp3) is 0.647. The second-order valence-electron chi connectivity index (χ2n) is 7.08. The molecule has 8 heteroatoms. The van der Waals surface area contributed by atoms with E-state index >= 15 is 0 Å². The first-order valence-corrected chi connectivity index (χ1v) is 9.11. The molecule has 0 bridgehead atoms. The van der Waals surface area contributed by atoms with E-state index in [4.69, 9.17) is 0 Å². The topological polar surface area (TPSA) is 82.9 Å². The van der Waals surface area contributed by atoms with Crippen LogP contribution in [-0.2, 0) is 13.6 Å². The van der Waals surface area contributed by atoms with Gasteiger partial charge in [-0.2, -0.15) is 5.10 Å². The van der Waals surface area contributed by atoms with Crippen LogP contribution in [0, 0.1) is 0 Å². The van der Waals surface area contributed by atoms with Crippen molar-refractivity contribution in [2.45, 2.75) is 38.1 Å². The third-order valence-corrected chi connectivity index (χ3v) is 5.37. The SMILES string of the molecule is Cn1c(CN2CCCC2)nnc1C1CCCN(C(=O)c2ccn[nH]2)C1. The number of aromatic amines is 1. The summed E-state index contributed by atoms with van der Waals surface area (Å²) in [6.45, 7) is 4.64. The van der Waals surface area contributed by atoms with E-state index in [1.165, 1.54) is 12.8 Å². The molecule has 2 saturated heterocycles. The molecule has 0 aliphatic carbocycles. The van der Waals surface area contributed by atoms with E-state index in [0.717, 1.165) is 50.7 Å². The van der Waals surface area contributed by atoms with Crippen molar-refractivity contribution in [3.63, 3.8) is 0 Å². The highest BCUT2D eigenvalue weighted by atomic mass is 16.2. The molecule has 1 atom stereocenters. The molecule has 4 rings (SSSR count). The summed E-state index contributed by atoms with van der Waals surface area (Å²) >= 11 is 0. The van der Waals surface area contributed by atoms with Crippen LogP contribution in [0.15, 0.2) is 12.3 Å². The average Bonchev–Trinajstić information content (AvgIpc) is 3.38. The first-order chi connectivity index (χ1) is 12.2. The monoisotopic (exact) mass is 343 g/mol. The van der Waals surface area contributed by atoms with Crippen LogP contribution in [0.3, 0.4) is 0 Å². The van der Waals surface area contributed by atoms with Gasteiger partial charge >= 0.3 is 0 Å². The van der Waals surface area contributed by atoms with E-state index < -0.39 is 0 Å². The van der Waals surface area contributed by atoms with Crippen LogP contribution in [0.5, 0.6) is 0 Å². The maximum Gasteiger partial charge on any atom is 0.271 e. The van der Waals surface area contributed by atoms with Gasteiger partial charge in [-0.25, -0.2) is 0 Å². The lowest BCUT2D eigenvalue weighted by atomic mass is 9.97. The molecule has 134 valence electrons. The summed E-state index contributed by atoms with van der Waals surface area (Å²) in [6, 6.07) is 1.72. The Morgan fingerprint density at radius 2 is 2.08 bits per heavy atom. The van der Waals surface area contributed by atoms with Crippen LogP contribution in [0.1, 0.15) is 53.7 Å². The van der Waals surface area contributed by atoms with Gasteiger partial charge in [0.2, 0.25) is 0 Å². The molecule has 1 N–H and O–H groups in total. The Morgan fingerprint density at radius 1 is 1.24 bits per heavy atom. The number of carbonyl (C=O) groups is 1. The van der Waals surface area contributed by atoms with Crippen LogP contribution < -0.4 is 0 Å². The van der Waals surface area contributed by atoms with Crippen LogP contribution in [-0.4, -0.2) is 66.8 Å². The van der Waals surface area contributed by atoms with Gasteiger partial charge in [0.1, 0.15) is 17.3 Å². The number of carbonyl (C=O) groups excluding carboxylic acids is 1. The number of nitrogens with zero attached hydrogens (tertiary/aromatic N) is 6. The van der Waals surface area contributed by atoms with Gasteiger partial charge in [0, 0.05) is 32.3 Å². The van der Waals surface area contributed by atoms with Crippen molar-refractivity contribution < 1.29 is 4.79 Å². The number of H-pyrrole nitrogens is 1. The minimum Gasteiger partial charge on any atom is -0.337 e. The van der Waals surface area contributed by atoms with E-state index in [0.29, 0.717) is 12.2 Å². The van der Waals surface area contributed by atoms with E-state index in [-0.39, 0.29) is 11.8 Å². The van der Waals surface area contributed by atoms with Crippen LogP contribution in [0.2, 0.25) is 0 Å². The largest absolute Gasteiger partial charge is 0.337 e. The zero-order valence-corrected chi connectivity index (χ0v) is 14.7. The summed E-state index contributed by atoms with van der Waals surface area (Å²) in [4.78, 5) is 16.9. The molecular weight excluding hydrogens is 318 g/mol. The highest BCUT2D eigenvalue weighted by molar-refractivity contribution is 5.92. The molecule has 25 heavy (non-hydrogen) atoms. The third kappa shape index (κ3) is 3.30. The predicted molar refractivity (Wildman–Crippen MR) is 92.0 cm³/mol. The molecule has 8 nitrogen and oxygen atoms in total. The average molecular weight is 343 g/mol. The molecule has 2 aromatic heterocycles. The molecule has 2 aromatic rings. The summed E-state index contributed by atoms with van der Waals surface area (Å²) < 4.78 is 2.13. The quantitative estimate of drug-likeness (QED) is 0.900. The van der Waals surface area contributed by atoms with Gasteiger partial charge in [0.05, 0.1) is 6.54 Å². The zero-order chi connectivity index (χ0) is 17.2. The normalized spacial score (nSPS) is 21.8. The van der Waals surface area contributed by atoms with Crippen LogP contribution >= 0.6 is 0 Å². The molecule has 0 saturated carbocycles. The van der Waals surface area contributed by atoms with E-state index in [1.807, 2.05) is 4.90 Å². The van der Waals surface area contributed by atoms with Gasteiger partial charge in [-0.15, -0.1) is 10.2 Å². The van der Waals surface area contributed by atoms with E-state index in [9.17, 15) is 4.79 Å². The van der Waals surface area contributed by atoms with Crippen molar-refractivity contribution in [3.8, 4) is 0 Å². The smallest absolute Gasteiger partial charge is 0.271 e. The van der Waals surface area contributed by atoms with Crippen molar-refractivity contribution >= 4 is 5.91 Å². The summed E-state index contributed by atoms with van der Waals surface area (Å²) in [7, 11) is 2.05. The standard InChI is InChI=1S/C17H25N7O/c1-22-15(12-23-8-2-3-9-23)20-21-16(22)13-5-4-10-24(11-13)17(25)14-6-7-18-19-14/h6-7,13H,2-5,8-12H2,1H3,(H,18,19). The number of aromatic nitrogens is 5. The molecule has 2 fully saturated rings. The van der Waals surface area contributed by atoms with Crippen molar-refractivity contribution in [2.24, 2.45) is 7.05 Å². The molecule has 0 radical (unpaired) electrons. The Morgan fingerprint density at radius 3 is 2.84 bits per heavy atom. The summed E-state index contributed by atoms with van der Waals surface area (Å²) in [5.41, 5.74) is 0.549. The molecule has 2 aliphatic heterocycles. The zero-order valence-electron chi connectivity index (χ0n) is 14.7. The Balaban J connectivity index is 1.46. The van der Waals surface area contributed by atoms with Crippen molar-refractivity contribution in [2.75, 3.05) is 26.2 Å². The summed E-state index contributed by atoms with van der Waals surface area (Å²) in [5.74, 6) is 2.28. The number of likely N-dealkylation sites (tertiary alicyclic amines) is 2. The molecule has 1 amide bonds. The van der Waals surface area contributed by atoms with E-state index in [2.05, 4.69) is 36.9 Å². The van der Waals surface area contributed by atoms with Crippen molar-refractivity contribution in [1.82, 2.24) is 34.8 Å². The molecule has 0 aromatic carbocycles. The highest BCUT2D eigenvalue weighted by Gasteiger charge is 2.29. The van der Waals surface area contributed by atoms with E-state index in [1.54, 1.807) is 12.3 Å². The molecular formula is C17H25N7O. The number of hydrogen-bond donors (Lipinski definition) is 1. The fourth-order valence-electron chi connectivity index (χ4n) is 3.93. The maximum atomic E-state index is 12.6. The van der Waals surface area contributed by atoms with Gasteiger partial charge in [-0.3, -0.25) is 14.8 Å². The molecule has 0 spiro atoms. The van der Waals surface area contributed by atoms with Crippen LogP contribution in [0.25, 0.3) is 0 Å². The van der Waals surface area contributed by atoms with Gasteiger partial charge < -0.3 is 9.47 Å². The third-order valence-electron chi connectivity index (χ3n) is 5.37. The van der Waals surface area contributed by atoms with Crippen molar-refractivity contribution in [1.29, 1.82) is 0 Å². The lowest BCUT2D eigenvalue weighted by molar-refractivity contribution is 0.0697. The summed E-state index contributed by atoms with van der Waals surface area (Å²) in [5, 5.41) is 15.5. The number of amides is 1. The second kappa shape index (κ2) is 6.95.